The summed E-state index contributed by atoms with van der Waals surface area (Å²) in [6, 6.07) is 1.78. The molecule has 7 heteroatoms. The number of hydrogen-bond acceptors (Lipinski definition) is 2. The van der Waals surface area contributed by atoms with Crippen molar-refractivity contribution in [1.82, 2.24) is 0 Å². The van der Waals surface area contributed by atoms with Gasteiger partial charge in [-0.1, -0.05) is 7.43 Å². The van der Waals surface area contributed by atoms with E-state index in [0.29, 0.717) is 6.54 Å². The summed E-state index contributed by atoms with van der Waals surface area (Å²) in [5.74, 6) is -5.21. The third-order valence-electron chi connectivity index (χ3n) is 2.78. The van der Waals surface area contributed by atoms with Crippen LogP contribution in [0.15, 0.2) is 0 Å². The van der Waals surface area contributed by atoms with Crippen LogP contribution in [0.4, 0.5) is 17.6 Å². The molecule has 108 valence electrons. The lowest BCUT2D eigenvalue weighted by molar-refractivity contribution is -0.107. The van der Waals surface area contributed by atoms with Gasteiger partial charge in [-0.15, -0.1) is 12.4 Å². The highest BCUT2D eigenvalue weighted by Gasteiger charge is 2.45. The molecule has 0 aromatic heterocycles. The van der Waals surface area contributed by atoms with Crippen LogP contribution < -0.4 is 5.73 Å². The van der Waals surface area contributed by atoms with Crippen LogP contribution in [0.3, 0.4) is 0 Å². The van der Waals surface area contributed by atoms with Gasteiger partial charge in [-0.2, -0.15) is 5.26 Å². The largest absolute Gasteiger partial charge is 0.330 e. The van der Waals surface area contributed by atoms with E-state index >= 15 is 0 Å². The molecule has 2 saturated carbocycles. The van der Waals surface area contributed by atoms with Crippen LogP contribution in [-0.2, 0) is 0 Å². The van der Waals surface area contributed by atoms with Crippen LogP contribution in [0.5, 0.6) is 0 Å². The van der Waals surface area contributed by atoms with Crippen LogP contribution in [-0.4, -0.2) is 18.4 Å². The van der Waals surface area contributed by atoms with Gasteiger partial charge >= 0.3 is 0 Å². The Kier molecular flexibility index (Phi) is 7.86. The molecule has 2 N–H and O–H groups in total. The standard InChI is InChI=1S/C5H9F2N.C5H5F2N.CH4.ClH/c2*6-5(7)1-4(2-5)3-8;;/h4H,1-3,8H2;4H,1-2H2;1H4;1H. The third-order valence-corrected chi connectivity index (χ3v) is 2.78. The Morgan fingerprint density at radius 3 is 1.56 bits per heavy atom. The predicted molar refractivity (Wildman–Crippen MR) is 64.0 cm³/mol. The molecule has 2 fully saturated rings. The van der Waals surface area contributed by atoms with Crippen molar-refractivity contribution in [2.24, 2.45) is 17.6 Å². The van der Waals surface area contributed by atoms with Gasteiger partial charge in [0, 0.05) is 25.7 Å². The maximum absolute atomic E-state index is 11.9. The van der Waals surface area contributed by atoms with Gasteiger partial charge in [0.15, 0.2) is 0 Å². The number of hydrogen-bond donors (Lipinski definition) is 1. The molecular weight excluding hydrogens is 272 g/mol. The summed E-state index contributed by atoms with van der Waals surface area (Å²) in [7, 11) is 0. The van der Waals surface area contributed by atoms with Gasteiger partial charge in [-0.05, 0) is 12.5 Å². The average Bonchev–Trinajstić information content (AvgIpc) is 2.10. The molecule has 18 heavy (non-hydrogen) atoms. The smallest absolute Gasteiger partial charge is 0.250 e. The van der Waals surface area contributed by atoms with E-state index in [1.165, 1.54) is 0 Å². The first-order valence-electron chi connectivity index (χ1n) is 5.13. The number of nitriles is 1. The lowest BCUT2D eigenvalue weighted by Gasteiger charge is -2.33. The van der Waals surface area contributed by atoms with Crippen molar-refractivity contribution >= 4 is 12.4 Å². The highest BCUT2D eigenvalue weighted by Crippen LogP contribution is 2.42. The Balaban J connectivity index is 0. The molecule has 2 aliphatic carbocycles. The zero-order valence-corrected chi connectivity index (χ0v) is 9.95. The molecule has 2 nitrogen and oxygen atoms in total. The second-order valence-electron chi connectivity index (χ2n) is 4.46. The van der Waals surface area contributed by atoms with Gasteiger partial charge in [0.25, 0.3) is 5.92 Å². The molecule has 0 radical (unpaired) electrons. The van der Waals surface area contributed by atoms with Crippen LogP contribution in [0, 0.1) is 23.2 Å². The second-order valence-corrected chi connectivity index (χ2v) is 4.46. The number of nitrogens with two attached hydrogens (primary N) is 1. The molecule has 0 spiro atoms. The SMILES string of the molecule is C.Cl.N#CC1CC(F)(F)C1.NCC1CC(F)(F)C1. The quantitative estimate of drug-likeness (QED) is 0.750. The molecule has 0 aromatic carbocycles. The second kappa shape index (κ2) is 7.15. The molecular formula is C11H19ClF4N2. The van der Waals surface area contributed by atoms with E-state index in [1.807, 2.05) is 0 Å². The predicted octanol–water partition coefficient (Wildman–Crippen LogP) is 3.60. The summed E-state index contributed by atoms with van der Waals surface area (Å²) in [5.41, 5.74) is 5.12. The van der Waals surface area contributed by atoms with Crippen molar-refractivity contribution in [3.63, 3.8) is 0 Å². The van der Waals surface area contributed by atoms with Gasteiger partial charge in [0.05, 0.1) is 12.0 Å². The van der Waals surface area contributed by atoms with Gasteiger partial charge in [0.1, 0.15) is 0 Å². The van der Waals surface area contributed by atoms with E-state index < -0.39 is 11.8 Å². The van der Waals surface area contributed by atoms with Gasteiger partial charge < -0.3 is 5.73 Å². The fraction of sp³-hybridized carbons (Fsp3) is 0.909. The van der Waals surface area contributed by atoms with Gasteiger partial charge in [-0.25, -0.2) is 17.6 Å². The normalized spacial score (nSPS) is 23.8. The fourth-order valence-corrected chi connectivity index (χ4v) is 1.70. The van der Waals surface area contributed by atoms with E-state index in [4.69, 9.17) is 11.0 Å². The molecule has 2 aliphatic rings. The van der Waals surface area contributed by atoms with Gasteiger partial charge in [-0.3, -0.25) is 0 Å². The summed E-state index contributed by atoms with van der Waals surface area (Å²) in [6.45, 7) is 0.412. The molecule has 0 amide bonds. The van der Waals surface area contributed by atoms with Crippen LogP contribution in [0.2, 0.25) is 0 Å². The molecule has 0 saturated heterocycles. The highest BCUT2D eigenvalue weighted by molar-refractivity contribution is 5.85. The van der Waals surface area contributed by atoms with E-state index in [1.54, 1.807) is 6.07 Å². The topological polar surface area (TPSA) is 49.8 Å². The van der Waals surface area contributed by atoms with Crippen molar-refractivity contribution in [3.05, 3.63) is 0 Å². The Bertz CT molecular complexity index is 275. The molecule has 0 aromatic rings. The fourth-order valence-electron chi connectivity index (χ4n) is 1.70. The zero-order valence-electron chi connectivity index (χ0n) is 9.13. The van der Waals surface area contributed by atoms with Crippen molar-refractivity contribution in [2.75, 3.05) is 6.54 Å². The van der Waals surface area contributed by atoms with Crippen molar-refractivity contribution in [3.8, 4) is 6.07 Å². The van der Waals surface area contributed by atoms with E-state index in [2.05, 4.69) is 0 Å². The molecule has 0 heterocycles. The van der Waals surface area contributed by atoms with Crippen molar-refractivity contribution < 1.29 is 17.6 Å². The number of alkyl halides is 4. The van der Waals surface area contributed by atoms with Crippen molar-refractivity contribution in [2.45, 2.75) is 45.0 Å². The van der Waals surface area contributed by atoms with Crippen molar-refractivity contribution in [1.29, 1.82) is 5.26 Å². The Morgan fingerprint density at radius 2 is 1.44 bits per heavy atom. The lowest BCUT2D eigenvalue weighted by atomic mass is 9.82. The summed E-state index contributed by atoms with van der Waals surface area (Å²) in [4.78, 5) is 0. The molecule has 0 atom stereocenters. The van der Waals surface area contributed by atoms with E-state index in [9.17, 15) is 17.6 Å². The van der Waals surface area contributed by atoms with Crippen LogP contribution in [0.1, 0.15) is 33.1 Å². The Morgan fingerprint density at radius 1 is 1.06 bits per heavy atom. The van der Waals surface area contributed by atoms with Gasteiger partial charge in [0.2, 0.25) is 5.92 Å². The maximum atomic E-state index is 11.9. The minimum atomic E-state index is -2.53. The highest BCUT2D eigenvalue weighted by atomic mass is 35.5. The van der Waals surface area contributed by atoms with Crippen LogP contribution in [0.25, 0.3) is 0 Å². The number of rotatable bonds is 1. The number of halogens is 5. The molecule has 2 rings (SSSR count). The molecule has 0 bridgehead atoms. The van der Waals surface area contributed by atoms with E-state index in [-0.39, 0.29) is 57.4 Å². The minimum Gasteiger partial charge on any atom is -0.330 e. The zero-order chi connectivity index (χ0) is 12.4. The Labute approximate surface area is 111 Å². The maximum Gasteiger partial charge on any atom is 0.250 e. The summed E-state index contributed by atoms with van der Waals surface area (Å²) in [5, 5.41) is 8.03. The first-order valence-corrected chi connectivity index (χ1v) is 5.13. The van der Waals surface area contributed by atoms with Crippen LogP contribution >= 0.6 is 12.4 Å². The molecule has 0 aliphatic heterocycles. The summed E-state index contributed by atoms with van der Waals surface area (Å²) >= 11 is 0. The minimum absolute atomic E-state index is 0. The summed E-state index contributed by atoms with van der Waals surface area (Å²) < 4.78 is 47.5. The Hall–Kier alpha value is -0.540. The number of nitrogens with zero attached hydrogens (tertiary/aromatic N) is 1. The molecule has 0 unspecified atom stereocenters. The monoisotopic (exact) mass is 290 g/mol. The lowest BCUT2D eigenvalue weighted by Crippen LogP contribution is -2.39. The first-order chi connectivity index (χ1) is 7.28. The first kappa shape index (κ1) is 19.8. The summed E-state index contributed by atoms with van der Waals surface area (Å²) in [6.07, 6.45) is -0.458. The third kappa shape index (κ3) is 5.87. The van der Waals surface area contributed by atoms with E-state index in [0.717, 1.165) is 0 Å². The average molecular weight is 291 g/mol.